The second-order valence-electron chi connectivity index (χ2n) is 5.17. The summed E-state index contributed by atoms with van der Waals surface area (Å²) < 4.78 is 23.0. The molecule has 0 bridgehead atoms. The first-order chi connectivity index (χ1) is 9.30. The SMILES string of the molecule is C[C@@]1(NC(=O)CSc2ccccc2Cl)CCS(=O)(=O)C1. The predicted octanol–water partition coefficient (Wildman–Crippen LogP) is 2.13. The molecule has 1 aliphatic heterocycles. The van der Waals surface area contributed by atoms with Crippen LogP contribution in [0.3, 0.4) is 0 Å². The average molecular weight is 334 g/mol. The lowest BCUT2D eigenvalue weighted by molar-refractivity contribution is -0.120. The van der Waals surface area contributed by atoms with Crippen LogP contribution < -0.4 is 5.32 Å². The quantitative estimate of drug-likeness (QED) is 0.857. The largest absolute Gasteiger partial charge is 0.349 e. The number of benzene rings is 1. The number of amides is 1. The average Bonchev–Trinajstić information content (AvgIpc) is 2.62. The summed E-state index contributed by atoms with van der Waals surface area (Å²) in [6.07, 6.45) is 0.470. The Hall–Kier alpha value is -0.720. The third-order valence-electron chi connectivity index (χ3n) is 3.14. The number of rotatable bonds is 4. The van der Waals surface area contributed by atoms with Gasteiger partial charge in [-0.05, 0) is 25.5 Å². The van der Waals surface area contributed by atoms with Gasteiger partial charge >= 0.3 is 0 Å². The van der Waals surface area contributed by atoms with E-state index in [2.05, 4.69) is 5.32 Å². The predicted molar refractivity (Wildman–Crippen MR) is 82.0 cm³/mol. The van der Waals surface area contributed by atoms with Crippen molar-refractivity contribution in [2.24, 2.45) is 0 Å². The Labute approximate surface area is 128 Å². The van der Waals surface area contributed by atoms with E-state index < -0.39 is 15.4 Å². The van der Waals surface area contributed by atoms with Gasteiger partial charge in [0.05, 0.1) is 27.8 Å². The molecule has 0 spiro atoms. The third-order valence-corrected chi connectivity index (χ3v) is 6.56. The second kappa shape index (κ2) is 5.95. The topological polar surface area (TPSA) is 63.2 Å². The molecule has 0 aliphatic carbocycles. The maximum absolute atomic E-state index is 11.9. The number of hydrogen-bond acceptors (Lipinski definition) is 4. The van der Waals surface area contributed by atoms with Crippen molar-refractivity contribution >= 4 is 39.1 Å². The standard InChI is InChI=1S/C13H16ClNO3S2/c1-13(6-7-20(17,18)9-13)15-12(16)8-19-11-5-3-2-4-10(11)14/h2-5H,6-9H2,1H3,(H,15,16)/t13-/m1/s1. The van der Waals surface area contributed by atoms with Crippen LogP contribution in [0.25, 0.3) is 0 Å². The Morgan fingerprint density at radius 1 is 1.45 bits per heavy atom. The molecule has 4 nitrogen and oxygen atoms in total. The van der Waals surface area contributed by atoms with Gasteiger partial charge in [0.25, 0.3) is 0 Å². The zero-order valence-electron chi connectivity index (χ0n) is 11.1. The van der Waals surface area contributed by atoms with Gasteiger partial charge < -0.3 is 5.32 Å². The normalized spacial score (nSPS) is 24.5. The molecule has 0 aromatic heterocycles. The zero-order chi connectivity index (χ0) is 14.8. The Balaban J connectivity index is 1.89. The smallest absolute Gasteiger partial charge is 0.230 e. The third kappa shape index (κ3) is 4.14. The number of carbonyl (C=O) groups excluding carboxylic acids is 1. The molecule has 1 heterocycles. The molecule has 2 rings (SSSR count). The maximum Gasteiger partial charge on any atom is 0.230 e. The Kier molecular flexibility index (Phi) is 4.66. The van der Waals surface area contributed by atoms with Crippen LogP contribution in [0.15, 0.2) is 29.2 Å². The van der Waals surface area contributed by atoms with E-state index in [4.69, 9.17) is 11.6 Å². The molecule has 1 fully saturated rings. The number of carbonyl (C=O) groups is 1. The van der Waals surface area contributed by atoms with Gasteiger partial charge in [-0.25, -0.2) is 8.42 Å². The summed E-state index contributed by atoms with van der Waals surface area (Å²) in [5, 5.41) is 3.43. The molecule has 1 atom stereocenters. The molecule has 7 heteroatoms. The van der Waals surface area contributed by atoms with E-state index in [0.29, 0.717) is 11.4 Å². The van der Waals surface area contributed by atoms with E-state index >= 15 is 0 Å². The summed E-state index contributed by atoms with van der Waals surface area (Å²) in [4.78, 5) is 12.8. The fraction of sp³-hybridized carbons (Fsp3) is 0.462. The highest BCUT2D eigenvalue weighted by Crippen LogP contribution is 2.27. The van der Waals surface area contributed by atoms with Crippen LogP contribution >= 0.6 is 23.4 Å². The van der Waals surface area contributed by atoms with E-state index in [1.807, 2.05) is 18.2 Å². The van der Waals surface area contributed by atoms with Gasteiger partial charge in [0.1, 0.15) is 0 Å². The van der Waals surface area contributed by atoms with E-state index in [1.54, 1.807) is 13.0 Å². The zero-order valence-corrected chi connectivity index (χ0v) is 13.4. The molecule has 20 heavy (non-hydrogen) atoms. The van der Waals surface area contributed by atoms with Gasteiger partial charge in [0.2, 0.25) is 5.91 Å². The van der Waals surface area contributed by atoms with Crippen LogP contribution in [-0.4, -0.2) is 37.1 Å². The minimum absolute atomic E-state index is 0.0164. The summed E-state index contributed by atoms with van der Waals surface area (Å²) >= 11 is 7.35. The molecule has 1 amide bonds. The van der Waals surface area contributed by atoms with Gasteiger partial charge in [-0.3, -0.25) is 4.79 Å². The highest BCUT2D eigenvalue weighted by atomic mass is 35.5. The molecule has 0 saturated carbocycles. The molecule has 1 aromatic rings. The lowest BCUT2D eigenvalue weighted by atomic mass is 10.0. The summed E-state index contributed by atoms with van der Waals surface area (Å²) in [7, 11) is -3.02. The molecular formula is C13H16ClNO3S2. The summed E-state index contributed by atoms with van der Waals surface area (Å²) in [5.74, 6) is 0.207. The number of halogens is 1. The van der Waals surface area contributed by atoms with Crippen molar-refractivity contribution in [3.05, 3.63) is 29.3 Å². The van der Waals surface area contributed by atoms with Crippen molar-refractivity contribution < 1.29 is 13.2 Å². The van der Waals surface area contributed by atoms with Crippen LogP contribution in [0, 0.1) is 0 Å². The second-order valence-corrected chi connectivity index (χ2v) is 8.78. The minimum atomic E-state index is -3.02. The van der Waals surface area contributed by atoms with Gasteiger partial charge in [-0.2, -0.15) is 0 Å². The molecule has 0 unspecified atom stereocenters. The van der Waals surface area contributed by atoms with Crippen LogP contribution in [0.1, 0.15) is 13.3 Å². The highest BCUT2D eigenvalue weighted by Gasteiger charge is 2.39. The number of thioether (sulfide) groups is 1. The van der Waals surface area contributed by atoms with Gasteiger partial charge in [0, 0.05) is 4.90 Å². The molecule has 0 radical (unpaired) electrons. The van der Waals surface area contributed by atoms with Crippen LogP contribution in [0.2, 0.25) is 5.02 Å². The molecule has 1 aromatic carbocycles. The lowest BCUT2D eigenvalue weighted by Crippen LogP contribution is -2.47. The van der Waals surface area contributed by atoms with E-state index in [9.17, 15) is 13.2 Å². The van der Waals surface area contributed by atoms with Crippen LogP contribution in [-0.2, 0) is 14.6 Å². The van der Waals surface area contributed by atoms with Gasteiger partial charge in [0.15, 0.2) is 9.84 Å². The van der Waals surface area contributed by atoms with Crippen LogP contribution in [0.5, 0.6) is 0 Å². The fourth-order valence-electron chi connectivity index (χ4n) is 2.19. The summed E-state index contributed by atoms with van der Waals surface area (Å²) in [6.45, 7) is 1.77. The summed E-state index contributed by atoms with van der Waals surface area (Å²) in [5.41, 5.74) is -0.642. The van der Waals surface area contributed by atoms with Crippen molar-refractivity contribution in [1.82, 2.24) is 5.32 Å². The van der Waals surface area contributed by atoms with Crippen molar-refractivity contribution in [2.75, 3.05) is 17.3 Å². The molecule has 1 saturated heterocycles. The van der Waals surface area contributed by atoms with E-state index in [0.717, 1.165) is 4.90 Å². The Morgan fingerprint density at radius 2 is 2.15 bits per heavy atom. The van der Waals surface area contributed by atoms with Gasteiger partial charge in [-0.1, -0.05) is 23.7 Å². The number of nitrogens with one attached hydrogen (secondary N) is 1. The van der Waals surface area contributed by atoms with Crippen molar-refractivity contribution in [2.45, 2.75) is 23.8 Å². The highest BCUT2D eigenvalue weighted by molar-refractivity contribution is 8.00. The van der Waals surface area contributed by atoms with E-state index in [1.165, 1.54) is 11.8 Å². The van der Waals surface area contributed by atoms with Crippen molar-refractivity contribution in [3.8, 4) is 0 Å². The number of hydrogen-bond donors (Lipinski definition) is 1. The number of sulfone groups is 1. The summed E-state index contributed by atoms with van der Waals surface area (Å²) in [6, 6.07) is 7.31. The molecule has 1 aliphatic rings. The molecular weight excluding hydrogens is 318 g/mol. The maximum atomic E-state index is 11.9. The first-order valence-corrected chi connectivity index (χ1v) is 9.37. The molecule has 110 valence electrons. The Bertz CT molecular complexity index is 618. The minimum Gasteiger partial charge on any atom is -0.349 e. The fourth-order valence-corrected chi connectivity index (χ4v) is 5.32. The van der Waals surface area contributed by atoms with Crippen LogP contribution in [0.4, 0.5) is 0 Å². The molecule has 1 N–H and O–H groups in total. The first-order valence-electron chi connectivity index (χ1n) is 6.18. The van der Waals surface area contributed by atoms with Crippen molar-refractivity contribution in [3.63, 3.8) is 0 Å². The first kappa shape index (κ1) is 15.7. The van der Waals surface area contributed by atoms with Gasteiger partial charge in [-0.15, -0.1) is 11.8 Å². The van der Waals surface area contributed by atoms with E-state index in [-0.39, 0.29) is 23.2 Å². The van der Waals surface area contributed by atoms with Crippen molar-refractivity contribution in [1.29, 1.82) is 0 Å². The monoisotopic (exact) mass is 333 g/mol. The Morgan fingerprint density at radius 3 is 2.75 bits per heavy atom. The lowest BCUT2D eigenvalue weighted by Gasteiger charge is -2.23.